The highest BCUT2D eigenvalue weighted by Gasteiger charge is 2.27. The average molecular weight is 280 g/mol. The van der Waals surface area contributed by atoms with Crippen molar-refractivity contribution in [1.82, 2.24) is 10.3 Å². The van der Waals surface area contributed by atoms with E-state index in [9.17, 15) is 13.2 Å². The second kappa shape index (κ2) is 6.84. The number of hydrogen-bond acceptors (Lipinski definition) is 4. The third kappa shape index (κ3) is 5.59. The Morgan fingerprint density at radius 2 is 2.11 bits per heavy atom. The van der Waals surface area contributed by atoms with Crippen LogP contribution in [0.25, 0.3) is 0 Å². The van der Waals surface area contributed by atoms with Crippen molar-refractivity contribution in [2.45, 2.75) is 19.0 Å². The summed E-state index contributed by atoms with van der Waals surface area (Å²) in [5, 5.41) is 2.94. The van der Waals surface area contributed by atoms with Gasteiger partial charge >= 0.3 is 5.51 Å². The molecule has 1 N–H and O–H groups in total. The van der Waals surface area contributed by atoms with Gasteiger partial charge in [0.2, 0.25) is 0 Å². The lowest BCUT2D eigenvalue weighted by Gasteiger charge is -2.11. The van der Waals surface area contributed by atoms with Crippen LogP contribution in [0.2, 0.25) is 0 Å². The van der Waals surface area contributed by atoms with Crippen LogP contribution in [-0.2, 0) is 6.54 Å². The van der Waals surface area contributed by atoms with E-state index in [0.717, 1.165) is 5.69 Å². The maximum Gasteiger partial charge on any atom is 0.441 e. The minimum Gasteiger partial charge on any atom is -0.491 e. The fraction of sp³-hybridized carbons (Fsp3) is 0.545. The van der Waals surface area contributed by atoms with Crippen LogP contribution in [0, 0.1) is 6.92 Å². The van der Waals surface area contributed by atoms with Crippen LogP contribution in [-0.4, -0.2) is 29.9 Å². The van der Waals surface area contributed by atoms with Crippen molar-refractivity contribution in [1.29, 1.82) is 0 Å². The van der Waals surface area contributed by atoms with Crippen molar-refractivity contribution in [2.75, 3.05) is 19.4 Å². The summed E-state index contributed by atoms with van der Waals surface area (Å²) in [7, 11) is 1.77. The third-order valence-electron chi connectivity index (χ3n) is 2.02. The van der Waals surface area contributed by atoms with Crippen molar-refractivity contribution >= 4 is 11.8 Å². The van der Waals surface area contributed by atoms with Crippen molar-refractivity contribution in [2.24, 2.45) is 0 Å². The van der Waals surface area contributed by atoms with E-state index in [1.807, 2.05) is 6.92 Å². The Morgan fingerprint density at radius 1 is 1.39 bits per heavy atom. The smallest absolute Gasteiger partial charge is 0.441 e. The number of aromatic nitrogens is 1. The summed E-state index contributed by atoms with van der Waals surface area (Å²) in [5.41, 5.74) is -2.66. The number of nitrogens with one attached hydrogen (secondary N) is 1. The minimum absolute atomic E-state index is 0.00559. The number of pyridine rings is 1. The van der Waals surface area contributed by atoms with Crippen LogP contribution in [0.15, 0.2) is 12.1 Å². The Hall–Kier alpha value is -0.950. The molecule has 0 saturated carbocycles. The predicted molar refractivity (Wildman–Crippen MR) is 65.7 cm³/mol. The van der Waals surface area contributed by atoms with Gasteiger partial charge in [0, 0.05) is 18.0 Å². The number of aryl methyl sites for hydroxylation is 1. The Balaban J connectivity index is 2.51. The van der Waals surface area contributed by atoms with Gasteiger partial charge in [-0.25, -0.2) is 0 Å². The summed E-state index contributed by atoms with van der Waals surface area (Å²) in [6, 6.07) is 3.50. The molecule has 0 spiro atoms. The zero-order chi connectivity index (χ0) is 13.6. The lowest BCUT2D eigenvalue weighted by atomic mass is 10.3. The lowest BCUT2D eigenvalue weighted by Crippen LogP contribution is -2.12. The SMILES string of the molecule is CNCc1nc(C)ccc1OCCSC(F)(F)F. The van der Waals surface area contributed by atoms with Crippen molar-refractivity contribution in [3.05, 3.63) is 23.5 Å². The third-order valence-corrected chi connectivity index (χ3v) is 2.72. The monoisotopic (exact) mass is 280 g/mol. The number of ether oxygens (including phenoxy) is 1. The summed E-state index contributed by atoms with van der Waals surface area (Å²) in [6.07, 6.45) is 0. The fourth-order valence-electron chi connectivity index (χ4n) is 1.33. The first-order chi connectivity index (χ1) is 8.42. The van der Waals surface area contributed by atoms with E-state index < -0.39 is 5.51 Å². The first kappa shape index (κ1) is 15.1. The molecule has 0 aliphatic rings. The summed E-state index contributed by atoms with van der Waals surface area (Å²) < 4.78 is 41.1. The molecule has 102 valence electrons. The molecule has 1 aromatic rings. The van der Waals surface area contributed by atoms with Crippen molar-refractivity contribution in [3.8, 4) is 5.75 Å². The van der Waals surface area contributed by atoms with Crippen LogP contribution >= 0.6 is 11.8 Å². The molecule has 0 bridgehead atoms. The molecule has 0 unspecified atom stereocenters. The van der Waals surface area contributed by atoms with Gasteiger partial charge in [0.25, 0.3) is 0 Å². The van der Waals surface area contributed by atoms with Crippen LogP contribution in [0.4, 0.5) is 13.2 Å². The van der Waals surface area contributed by atoms with Crippen LogP contribution < -0.4 is 10.1 Å². The quantitative estimate of drug-likeness (QED) is 0.813. The van der Waals surface area contributed by atoms with Crippen molar-refractivity contribution in [3.63, 3.8) is 0 Å². The van der Waals surface area contributed by atoms with Gasteiger partial charge in [-0.3, -0.25) is 4.98 Å². The Bertz CT molecular complexity index is 385. The Kier molecular flexibility index (Phi) is 5.74. The van der Waals surface area contributed by atoms with Crippen molar-refractivity contribution < 1.29 is 17.9 Å². The number of hydrogen-bond donors (Lipinski definition) is 1. The maximum atomic E-state index is 11.9. The van der Waals surface area contributed by atoms with E-state index in [-0.39, 0.29) is 24.1 Å². The minimum atomic E-state index is -4.21. The molecule has 1 heterocycles. The zero-order valence-electron chi connectivity index (χ0n) is 10.2. The number of thioether (sulfide) groups is 1. The largest absolute Gasteiger partial charge is 0.491 e. The molecule has 0 radical (unpaired) electrons. The molecule has 18 heavy (non-hydrogen) atoms. The fourth-order valence-corrected chi connectivity index (χ4v) is 1.73. The molecule has 3 nitrogen and oxygen atoms in total. The van der Waals surface area contributed by atoms with E-state index in [2.05, 4.69) is 10.3 Å². The highest BCUT2D eigenvalue weighted by Crippen LogP contribution is 2.29. The normalized spacial score (nSPS) is 11.6. The molecule has 0 aromatic carbocycles. The van der Waals surface area contributed by atoms with Gasteiger partial charge < -0.3 is 10.1 Å². The van der Waals surface area contributed by atoms with Gasteiger partial charge in [0.05, 0.1) is 12.3 Å². The second-order valence-electron chi connectivity index (χ2n) is 3.57. The molecule has 7 heteroatoms. The average Bonchev–Trinajstić information content (AvgIpc) is 2.26. The molecular formula is C11H15F3N2OS. The molecule has 0 amide bonds. The maximum absolute atomic E-state index is 11.9. The Labute approximate surface area is 108 Å². The molecule has 1 rings (SSSR count). The molecule has 0 saturated heterocycles. The van der Waals surface area contributed by atoms with Gasteiger partial charge in [0.1, 0.15) is 5.75 Å². The highest BCUT2D eigenvalue weighted by molar-refractivity contribution is 8.00. The van der Waals surface area contributed by atoms with E-state index in [0.29, 0.717) is 18.0 Å². The number of rotatable bonds is 6. The number of halogens is 3. The zero-order valence-corrected chi connectivity index (χ0v) is 11.0. The van der Waals surface area contributed by atoms with Gasteiger partial charge in [0.15, 0.2) is 0 Å². The molecule has 0 aliphatic carbocycles. The predicted octanol–water partition coefficient (Wildman–Crippen LogP) is 2.74. The first-order valence-corrected chi connectivity index (χ1v) is 6.35. The Morgan fingerprint density at radius 3 is 2.72 bits per heavy atom. The highest BCUT2D eigenvalue weighted by atomic mass is 32.2. The molecule has 0 fully saturated rings. The number of nitrogens with zero attached hydrogens (tertiary/aromatic N) is 1. The lowest BCUT2D eigenvalue weighted by molar-refractivity contribution is -0.0329. The molecule has 0 aliphatic heterocycles. The van der Waals surface area contributed by atoms with Gasteiger partial charge in [-0.05, 0) is 37.9 Å². The van der Waals surface area contributed by atoms with Gasteiger partial charge in [-0.15, -0.1) is 0 Å². The topological polar surface area (TPSA) is 34.2 Å². The summed E-state index contributed by atoms with van der Waals surface area (Å²) >= 11 is -0.0859. The van der Waals surface area contributed by atoms with E-state index in [1.54, 1.807) is 19.2 Å². The second-order valence-corrected chi connectivity index (χ2v) is 4.73. The van der Waals surface area contributed by atoms with E-state index >= 15 is 0 Å². The molecular weight excluding hydrogens is 265 g/mol. The summed E-state index contributed by atoms with van der Waals surface area (Å²) in [6.45, 7) is 2.37. The number of alkyl halides is 3. The standard InChI is InChI=1S/C11H15F3N2OS/c1-8-3-4-10(9(16-8)7-15-2)17-5-6-18-11(12,13)14/h3-4,15H,5-7H2,1-2H3. The first-order valence-electron chi connectivity index (χ1n) is 5.37. The van der Waals surface area contributed by atoms with Crippen LogP contribution in [0.1, 0.15) is 11.4 Å². The van der Waals surface area contributed by atoms with Crippen LogP contribution in [0.5, 0.6) is 5.75 Å². The van der Waals surface area contributed by atoms with E-state index in [4.69, 9.17) is 4.74 Å². The molecule has 1 aromatic heterocycles. The van der Waals surface area contributed by atoms with E-state index in [1.165, 1.54) is 0 Å². The van der Waals surface area contributed by atoms with Crippen LogP contribution in [0.3, 0.4) is 0 Å². The summed E-state index contributed by atoms with van der Waals surface area (Å²) in [4.78, 5) is 4.27. The van der Waals surface area contributed by atoms with Gasteiger partial charge in [-0.2, -0.15) is 13.2 Å². The summed E-state index contributed by atoms with van der Waals surface area (Å²) in [5.74, 6) is 0.397. The van der Waals surface area contributed by atoms with Gasteiger partial charge in [-0.1, -0.05) is 0 Å². The molecule has 0 atom stereocenters.